The lowest BCUT2D eigenvalue weighted by molar-refractivity contribution is -0.384. The van der Waals surface area contributed by atoms with E-state index in [2.05, 4.69) is 5.32 Å². The van der Waals surface area contributed by atoms with Crippen LogP contribution in [0, 0.1) is 16.0 Å². The van der Waals surface area contributed by atoms with Crippen molar-refractivity contribution in [2.45, 2.75) is 25.4 Å². The molecule has 1 saturated carbocycles. The van der Waals surface area contributed by atoms with Gasteiger partial charge in [0.15, 0.2) is 0 Å². The van der Waals surface area contributed by atoms with Gasteiger partial charge in [0, 0.05) is 18.5 Å². The molecule has 0 spiro atoms. The maximum Gasteiger partial charge on any atom is 0.338 e. The topological polar surface area (TPSA) is 113 Å². The number of carbonyl (C=O) groups is 1. The van der Waals surface area contributed by atoms with Crippen molar-refractivity contribution < 1.29 is 19.9 Å². The van der Waals surface area contributed by atoms with Crippen LogP contribution in [-0.4, -0.2) is 33.8 Å². The normalized spacial score (nSPS) is 21.6. The van der Waals surface area contributed by atoms with Gasteiger partial charge >= 0.3 is 5.97 Å². The molecule has 0 aromatic heterocycles. The molecule has 2 unspecified atom stereocenters. The first-order valence-corrected chi connectivity index (χ1v) is 6.43. The van der Waals surface area contributed by atoms with Crippen LogP contribution in [0.15, 0.2) is 18.2 Å². The Kier molecular flexibility index (Phi) is 4.19. The fourth-order valence-electron chi connectivity index (χ4n) is 2.54. The maximum absolute atomic E-state index is 11.1. The first-order valence-electron chi connectivity index (χ1n) is 6.43. The maximum atomic E-state index is 11.1. The standard InChI is InChI=1S/C13H16N2O5/c16-11-6-1-3-8(11)7-14-12-9(13(17)18)4-2-5-10(12)15(19)20/h2,4-5,8,11,14,16H,1,3,6-7H2,(H,17,18). The predicted octanol–water partition coefficient (Wildman–Crippen LogP) is 1.87. The van der Waals surface area contributed by atoms with Gasteiger partial charge in [-0.25, -0.2) is 4.79 Å². The van der Waals surface area contributed by atoms with Crippen LogP contribution in [0.4, 0.5) is 11.4 Å². The molecule has 1 aliphatic carbocycles. The quantitative estimate of drug-likeness (QED) is 0.560. The average Bonchev–Trinajstić information content (AvgIpc) is 2.81. The smallest absolute Gasteiger partial charge is 0.338 e. The number of nitrogens with zero attached hydrogens (tertiary/aromatic N) is 1. The van der Waals surface area contributed by atoms with Crippen LogP contribution in [0.1, 0.15) is 29.6 Å². The molecule has 0 saturated heterocycles. The van der Waals surface area contributed by atoms with Gasteiger partial charge in [-0.15, -0.1) is 0 Å². The molecule has 1 aromatic carbocycles. The Bertz CT molecular complexity index is 499. The largest absolute Gasteiger partial charge is 0.478 e. The second-order valence-corrected chi connectivity index (χ2v) is 4.90. The molecule has 0 heterocycles. The molecule has 0 bridgehead atoms. The first-order chi connectivity index (χ1) is 9.50. The SMILES string of the molecule is O=C(O)c1cccc([N+](=O)[O-])c1NCC1CCCC1O. The Morgan fingerprint density at radius 1 is 1.45 bits per heavy atom. The summed E-state index contributed by atoms with van der Waals surface area (Å²) < 4.78 is 0. The van der Waals surface area contributed by atoms with Crippen molar-refractivity contribution in [2.75, 3.05) is 11.9 Å². The third-order valence-electron chi connectivity index (χ3n) is 3.63. The summed E-state index contributed by atoms with van der Waals surface area (Å²) in [5, 5.41) is 32.7. The van der Waals surface area contributed by atoms with E-state index < -0.39 is 17.0 Å². The molecule has 7 nitrogen and oxygen atoms in total. The summed E-state index contributed by atoms with van der Waals surface area (Å²) in [5.74, 6) is -1.22. The first kappa shape index (κ1) is 14.3. The van der Waals surface area contributed by atoms with Crippen LogP contribution in [-0.2, 0) is 0 Å². The van der Waals surface area contributed by atoms with Crippen LogP contribution in [0.25, 0.3) is 0 Å². The average molecular weight is 280 g/mol. The van der Waals surface area contributed by atoms with Gasteiger partial charge in [-0.1, -0.05) is 12.5 Å². The lowest BCUT2D eigenvalue weighted by Crippen LogP contribution is -2.23. The molecular weight excluding hydrogens is 264 g/mol. The zero-order valence-electron chi connectivity index (χ0n) is 10.8. The van der Waals surface area contributed by atoms with Gasteiger partial charge in [0.25, 0.3) is 5.69 Å². The number of hydrogen-bond donors (Lipinski definition) is 3. The molecule has 0 amide bonds. The molecule has 3 N–H and O–H groups in total. The minimum atomic E-state index is -1.22. The van der Waals surface area contributed by atoms with Gasteiger partial charge in [-0.2, -0.15) is 0 Å². The number of aromatic carboxylic acids is 1. The Morgan fingerprint density at radius 3 is 2.75 bits per heavy atom. The Hall–Kier alpha value is -2.15. The van der Waals surface area contributed by atoms with Gasteiger partial charge in [0.2, 0.25) is 0 Å². The third kappa shape index (κ3) is 2.88. The highest BCUT2D eigenvalue weighted by Crippen LogP contribution is 2.31. The summed E-state index contributed by atoms with van der Waals surface area (Å²) in [6.07, 6.45) is 2.03. The Balaban J connectivity index is 2.24. The van der Waals surface area contributed by atoms with E-state index in [-0.39, 0.29) is 22.9 Å². The van der Waals surface area contributed by atoms with Crippen LogP contribution in [0.5, 0.6) is 0 Å². The highest BCUT2D eigenvalue weighted by atomic mass is 16.6. The number of nitro benzene ring substituents is 1. The van der Waals surface area contributed by atoms with E-state index in [0.717, 1.165) is 19.3 Å². The number of nitro groups is 1. The summed E-state index contributed by atoms with van der Waals surface area (Å²) in [6, 6.07) is 3.93. The van der Waals surface area contributed by atoms with Crippen molar-refractivity contribution in [3.8, 4) is 0 Å². The van der Waals surface area contributed by atoms with Crippen molar-refractivity contribution >= 4 is 17.3 Å². The van der Waals surface area contributed by atoms with Gasteiger partial charge in [0.1, 0.15) is 5.69 Å². The van der Waals surface area contributed by atoms with Crippen molar-refractivity contribution in [2.24, 2.45) is 5.92 Å². The zero-order chi connectivity index (χ0) is 14.7. The number of anilines is 1. The molecule has 20 heavy (non-hydrogen) atoms. The third-order valence-corrected chi connectivity index (χ3v) is 3.63. The second-order valence-electron chi connectivity index (χ2n) is 4.90. The molecule has 1 aliphatic rings. The van der Waals surface area contributed by atoms with E-state index in [1.807, 2.05) is 0 Å². The molecule has 0 aliphatic heterocycles. The number of nitrogens with one attached hydrogen (secondary N) is 1. The minimum Gasteiger partial charge on any atom is -0.478 e. The van der Waals surface area contributed by atoms with Crippen LogP contribution < -0.4 is 5.32 Å². The number of carboxylic acids is 1. The number of aliphatic hydroxyl groups excluding tert-OH is 1. The van der Waals surface area contributed by atoms with Crippen LogP contribution in [0.2, 0.25) is 0 Å². The zero-order valence-corrected chi connectivity index (χ0v) is 10.8. The van der Waals surface area contributed by atoms with Crippen molar-refractivity contribution in [3.63, 3.8) is 0 Å². The van der Waals surface area contributed by atoms with E-state index in [0.29, 0.717) is 6.54 Å². The van der Waals surface area contributed by atoms with Gasteiger partial charge in [-0.3, -0.25) is 10.1 Å². The van der Waals surface area contributed by atoms with E-state index in [4.69, 9.17) is 5.11 Å². The number of para-hydroxylation sites is 1. The summed E-state index contributed by atoms with van der Waals surface area (Å²) in [7, 11) is 0. The summed E-state index contributed by atoms with van der Waals surface area (Å²) in [6.45, 7) is 0.326. The molecule has 1 fully saturated rings. The number of benzene rings is 1. The molecule has 2 atom stereocenters. The Morgan fingerprint density at radius 2 is 2.20 bits per heavy atom. The molecule has 2 rings (SSSR count). The number of carboxylic acid groups (broad SMARTS) is 1. The minimum absolute atomic E-state index is 0.00328. The van der Waals surface area contributed by atoms with Crippen molar-refractivity contribution in [3.05, 3.63) is 33.9 Å². The van der Waals surface area contributed by atoms with Gasteiger partial charge in [-0.05, 0) is 18.9 Å². The van der Waals surface area contributed by atoms with Crippen LogP contribution >= 0.6 is 0 Å². The lowest BCUT2D eigenvalue weighted by atomic mass is 10.1. The second kappa shape index (κ2) is 5.87. The predicted molar refractivity (Wildman–Crippen MR) is 71.9 cm³/mol. The monoisotopic (exact) mass is 280 g/mol. The van der Waals surface area contributed by atoms with E-state index in [1.54, 1.807) is 0 Å². The van der Waals surface area contributed by atoms with Gasteiger partial charge < -0.3 is 15.5 Å². The van der Waals surface area contributed by atoms with E-state index >= 15 is 0 Å². The van der Waals surface area contributed by atoms with Gasteiger partial charge in [0.05, 0.1) is 16.6 Å². The molecule has 7 heteroatoms. The van der Waals surface area contributed by atoms with Crippen LogP contribution in [0.3, 0.4) is 0 Å². The highest BCUT2D eigenvalue weighted by Gasteiger charge is 2.27. The van der Waals surface area contributed by atoms with Crippen molar-refractivity contribution in [1.29, 1.82) is 0 Å². The fourth-order valence-corrected chi connectivity index (χ4v) is 2.54. The molecular formula is C13H16N2O5. The summed E-state index contributed by atoms with van der Waals surface area (Å²) in [4.78, 5) is 21.5. The number of aliphatic hydroxyl groups is 1. The highest BCUT2D eigenvalue weighted by molar-refractivity contribution is 5.96. The Labute approximate surface area is 115 Å². The van der Waals surface area contributed by atoms with Crippen molar-refractivity contribution in [1.82, 2.24) is 0 Å². The fraction of sp³-hybridized carbons (Fsp3) is 0.462. The number of hydrogen-bond acceptors (Lipinski definition) is 5. The van der Waals surface area contributed by atoms with E-state index in [1.165, 1.54) is 18.2 Å². The molecule has 0 radical (unpaired) electrons. The van der Waals surface area contributed by atoms with E-state index in [9.17, 15) is 20.0 Å². The number of rotatable bonds is 5. The summed E-state index contributed by atoms with van der Waals surface area (Å²) >= 11 is 0. The lowest BCUT2D eigenvalue weighted by Gasteiger charge is -2.17. The molecule has 1 aromatic rings. The molecule has 108 valence electrons. The summed E-state index contributed by atoms with van der Waals surface area (Å²) in [5.41, 5.74) is -0.395.